The van der Waals surface area contributed by atoms with Crippen LogP contribution in [0.2, 0.25) is 0 Å². The van der Waals surface area contributed by atoms with E-state index in [1.54, 1.807) is 29.2 Å². The molecule has 7 rings (SSSR count). The molecule has 10 heteroatoms. The minimum atomic E-state index is -0.124. The monoisotopic (exact) mass is 578 g/mol. The zero-order valence-corrected chi connectivity index (χ0v) is 21.9. The van der Waals surface area contributed by atoms with Gasteiger partial charge in [-0.15, -0.1) is 5.10 Å². The molecule has 4 aromatic heterocycles. The minimum absolute atomic E-state index is 0.0861. The summed E-state index contributed by atoms with van der Waals surface area (Å²) in [4.78, 5) is 18.1. The topological polar surface area (TPSA) is 107 Å². The second-order valence-corrected chi connectivity index (χ2v) is 10.1. The second kappa shape index (κ2) is 9.17. The predicted molar refractivity (Wildman–Crippen MR) is 150 cm³/mol. The first-order chi connectivity index (χ1) is 19.1. The van der Waals surface area contributed by atoms with Crippen LogP contribution in [0.25, 0.3) is 38.2 Å². The van der Waals surface area contributed by atoms with Crippen molar-refractivity contribution in [2.75, 3.05) is 0 Å². The van der Waals surface area contributed by atoms with E-state index in [1.165, 1.54) is 0 Å². The number of ether oxygens (including phenoxy) is 1. The maximum absolute atomic E-state index is 13.9. The molecule has 0 saturated carbocycles. The van der Waals surface area contributed by atoms with E-state index >= 15 is 0 Å². The Morgan fingerprint density at radius 2 is 1.85 bits per heavy atom. The van der Waals surface area contributed by atoms with Gasteiger partial charge in [-0.1, -0.05) is 44.5 Å². The van der Waals surface area contributed by atoms with Gasteiger partial charge in [0.15, 0.2) is 12.2 Å². The quantitative estimate of drug-likeness (QED) is 0.135. The number of nitrogens with zero attached hydrogens (tertiary/aromatic N) is 6. The maximum Gasteiger partial charge on any atom is 0.193 e. The molecule has 0 spiro atoms. The van der Waals surface area contributed by atoms with E-state index in [-0.39, 0.29) is 12.2 Å². The van der Waals surface area contributed by atoms with Crippen molar-refractivity contribution in [3.63, 3.8) is 0 Å². The lowest BCUT2D eigenvalue weighted by molar-refractivity contribution is 0.224. The van der Waals surface area contributed by atoms with Gasteiger partial charge in [-0.25, -0.2) is 4.68 Å². The van der Waals surface area contributed by atoms with Gasteiger partial charge < -0.3 is 14.3 Å². The van der Waals surface area contributed by atoms with Crippen LogP contribution >= 0.6 is 15.9 Å². The number of hydrogen-bond donors (Lipinski definition) is 1. The summed E-state index contributed by atoms with van der Waals surface area (Å²) in [6.07, 6.45) is 5.75. The van der Waals surface area contributed by atoms with Crippen LogP contribution < -0.4 is 15.5 Å². The summed E-state index contributed by atoms with van der Waals surface area (Å²) < 4.78 is 10.6. The minimum Gasteiger partial charge on any atom is -0.471 e. The molecule has 0 amide bonds. The first kappa shape index (κ1) is 23.3. The van der Waals surface area contributed by atoms with E-state index in [0.29, 0.717) is 39.4 Å². The number of halogens is 1. The second-order valence-electron chi connectivity index (χ2n) is 9.22. The van der Waals surface area contributed by atoms with E-state index in [4.69, 9.17) is 4.74 Å². The van der Waals surface area contributed by atoms with Crippen molar-refractivity contribution in [3.05, 3.63) is 117 Å². The molecule has 0 aliphatic heterocycles. The molecule has 0 radical (unpaired) electrons. The Bertz CT molecular complexity index is 2160. The highest BCUT2D eigenvalue weighted by atomic mass is 79.9. The van der Waals surface area contributed by atoms with Crippen LogP contribution in [-0.2, 0) is 13.2 Å². The number of aromatic nitrogens is 5. The fourth-order valence-corrected chi connectivity index (χ4v) is 5.47. The summed E-state index contributed by atoms with van der Waals surface area (Å²) in [6.45, 7) is 0.0861. The summed E-state index contributed by atoms with van der Waals surface area (Å²) in [7, 11) is 0. The molecule has 0 unspecified atom stereocenters. The smallest absolute Gasteiger partial charge is 0.193 e. The van der Waals surface area contributed by atoms with Gasteiger partial charge in [0.05, 0.1) is 21.9 Å². The number of para-hydroxylation sites is 1. The number of hydrogen-bond acceptors (Lipinski definition) is 7. The highest BCUT2D eigenvalue weighted by Crippen LogP contribution is 2.29. The van der Waals surface area contributed by atoms with Crippen LogP contribution in [0.15, 0.2) is 99.7 Å². The fourth-order valence-electron chi connectivity index (χ4n) is 5.10. The standard InChI is InChI=1S/C29H19BrN6O3/c30-19-7-8-25-21(11-19)27(33-38)22-12-20(39-16-36-26-6-2-1-5-24(26)32-34-36)13-23-28(22)35(25)15-18(29(23)37)10-17-4-3-9-31-14-17/h1-9,11-15,38H,10,16H2. The average Bonchev–Trinajstić information content (AvgIpc) is 3.38. The van der Waals surface area contributed by atoms with E-state index < -0.39 is 0 Å². The number of rotatable bonds is 5. The molecule has 4 heterocycles. The Morgan fingerprint density at radius 3 is 2.69 bits per heavy atom. The van der Waals surface area contributed by atoms with Gasteiger partial charge in [0.25, 0.3) is 0 Å². The zero-order chi connectivity index (χ0) is 26.5. The van der Waals surface area contributed by atoms with Crippen molar-refractivity contribution in [1.82, 2.24) is 24.4 Å². The molecular weight excluding hydrogens is 560 g/mol. The lowest BCUT2D eigenvalue weighted by atomic mass is 10.0. The molecule has 1 N–H and O–H groups in total. The fraction of sp³-hybridized carbons (Fsp3) is 0.0690. The van der Waals surface area contributed by atoms with Crippen molar-refractivity contribution in [2.24, 2.45) is 5.16 Å². The third-order valence-electron chi connectivity index (χ3n) is 6.87. The van der Waals surface area contributed by atoms with Crippen LogP contribution in [-0.4, -0.2) is 29.6 Å². The van der Waals surface area contributed by atoms with Gasteiger partial charge in [-0.05, 0) is 54.1 Å². The van der Waals surface area contributed by atoms with E-state index in [9.17, 15) is 10.0 Å². The van der Waals surface area contributed by atoms with Crippen LogP contribution in [0.1, 0.15) is 11.1 Å². The maximum atomic E-state index is 13.9. The Hall–Kier alpha value is -4.83. The molecule has 0 aliphatic rings. The normalized spacial score (nSPS) is 12.3. The SMILES string of the molecule is O=c1c(Cc2cccnc2)cn2c3ccc(Br)cc3c(=NO)c3cc(OCn4nnc5ccccc54)cc1c32. The molecule has 39 heavy (non-hydrogen) atoms. The third kappa shape index (κ3) is 3.88. The molecule has 0 bridgehead atoms. The number of pyridine rings is 3. The van der Waals surface area contributed by atoms with E-state index in [1.807, 2.05) is 65.2 Å². The third-order valence-corrected chi connectivity index (χ3v) is 7.36. The first-order valence-corrected chi connectivity index (χ1v) is 12.9. The lowest BCUT2D eigenvalue weighted by Crippen LogP contribution is -2.18. The predicted octanol–water partition coefficient (Wildman–Crippen LogP) is 4.86. The molecule has 7 aromatic rings. The van der Waals surface area contributed by atoms with E-state index in [0.717, 1.165) is 32.0 Å². The molecule has 190 valence electrons. The summed E-state index contributed by atoms with van der Waals surface area (Å²) >= 11 is 3.53. The number of benzene rings is 3. The van der Waals surface area contributed by atoms with Gasteiger partial charge in [0.2, 0.25) is 0 Å². The van der Waals surface area contributed by atoms with Gasteiger partial charge in [-0.3, -0.25) is 9.78 Å². The molecule has 0 aliphatic carbocycles. The highest BCUT2D eigenvalue weighted by Gasteiger charge is 2.18. The van der Waals surface area contributed by atoms with Crippen LogP contribution in [0.5, 0.6) is 5.75 Å². The first-order valence-electron chi connectivity index (χ1n) is 12.2. The van der Waals surface area contributed by atoms with Crippen molar-refractivity contribution >= 4 is 54.2 Å². The van der Waals surface area contributed by atoms with Crippen molar-refractivity contribution in [3.8, 4) is 5.75 Å². The molecular formula is C29H19BrN6O3. The largest absolute Gasteiger partial charge is 0.471 e. The van der Waals surface area contributed by atoms with Gasteiger partial charge in [0.1, 0.15) is 16.6 Å². The van der Waals surface area contributed by atoms with Crippen molar-refractivity contribution < 1.29 is 9.94 Å². The summed E-state index contributed by atoms with van der Waals surface area (Å²) in [5.74, 6) is 0.443. The average molecular weight is 579 g/mol. The van der Waals surface area contributed by atoms with Crippen molar-refractivity contribution in [2.45, 2.75) is 13.2 Å². The highest BCUT2D eigenvalue weighted by molar-refractivity contribution is 9.10. The van der Waals surface area contributed by atoms with Crippen molar-refractivity contribution in [1.29, 1.82) is 0 Å². The van der Waals surface area contributed by atoms with Gasteiger partial charge in [0, 0.05) is 45.8 Å². The Balaban J connectivity index is 1.47. The molecule has 3 aromatic carbocycles. The van der Waals surface area contributed by atoms with Crippen LogP contribution in [0.3, 0.4) is 0 Å². The van der Waals surface area contributed by atoms with Crippen LogP contribution in [0.4, 0.5) is 0 Å². The van der Waals surface area contributed by atoms with Gasteiger partial charge in [-0.2, -0.15) is 0 Å². The molecule has 0 saturated heterocycles. The van der Waals surface area contributed by atoms with Crippen LogP contribution in [0, 0.1) is 0 Å². The Morgan fingerprint density at radius 1 is 0.974 bits per heavy atom. The van der Waals surface area contributed by atoms with Gasteiger partial charge >= 0.3 is 0 Å². The molecule has 9 nitrogen and oxygen atoms in total. The Labute approximate surface area is 228 Å². The zero-order valence-electron chi connectivity index (χ0n) is 20.3. The summed E-state index contributed by atoms with van der Waals surface area (Å²) in [5.41, 5.74) is 4.46. The van der Waals surface area contributed by atoms with E-state index in [2.05, 4.69) is 36.4 Å². The Kier molecular flexibility index (Phi) is 5.48. The summed E-state index contributed by atoms with van der Waals surface area (Å²) in [6, 6.07) is 20.7. The summed E-state index contributed by atoms with van der Waals surface area (Å²) in [5, 5.41) is 24.3. The molecule has 0 fully saturated rings. The molecule has 0 atom stereocenters. The lowest BCUT2D eigenvalue weighted by Gasteiger charge is -2.16. The number of fused-ring (bicyclic) bond motifs is 3.